The summed E-state index contributed by atoms with van der Waals surface area (Å²) < 4.78 is 1.07. The Hall–Kier alpha value is -1.09. The Morgan fingerprint density at radius 1 is 1.31 bits per heavy atom. The number of rotatable bonds is 0. The minimum Gasteiger partial charge on any atom is -0.384 e. The Labute approximate surface area is 84.9 Å². The molecule has 0 saturated carbocycles. The van der Waals surface area contributed by atoms with Crippen molar-refractivity contribution >= 4 is 32.7 Å². The van der Waals surface area contributed by atoms with Crippen LogP contribution in [0.3, 0.4) is 0 Å². The lowest BCUT2D eigenvalue weighted by atomic mass is 10.1. The molecule has 2 aromatic rings. The zero-order valence-electron chi connectivity index (χ0n) is 7.21. The highest BCUT2D eigenvalue weighted by atomic mass is 79.9. The van der Waals surface area contributed by atoms with Crippen molar-refractivity contribution in [2.24, 2.45) is 0 Å². The van der Waals surface area contributed by atoms with Crippen molar-refractivity contribution in [2.75, 3.05) is 5.73 Å². The molecule has 0 aliphatic carbocycles. The van der Waals surface area contributed by atoms with Gasteiger partial charge in [0.1, 0.15) is 5.82 Å². The maximum atomic E-state index is 5.59. The molecule has 1 aromatic carbocycles. The lowest BCUT2D eigenvalue weighted by Gasteiger charge is -2.02. The van der Waals surface area contributed by atoms with Crippen LogP contribution in [0.2, 0.25) is 0 Å². The number of nitrogens with zero attached hydrogens (tertiary/aromatic N) is 1. The lowest BCUT2D eigenvalue weighted by Crippen LogP contribution is -1.90. The SMILES string of the molecule is Cc1cc2ccc(N)nc2cc1Br. The topological polar surface area (TPSA) is 38.9 Å². The minimum absolute atomic E-state index is 0.559. The third kappa shape index (κ3) is 1.52. The van der Waals surface area contributed by atoms with Gasteiger partial charge in [0.15, 0.2) is 0 Å². The normalized spacial score (nSPS) is 10.6. The Bertz CT molecular complexity index is 466. The van der Waals surface area contributed by atoms with Crippen molar-refractivity contribution in [1.29, 1.82) is 0 Å². The number of hydrogen-bond acceptors (Lipinski definition) is 2. The van der Waals surface area contributed by atoms with E-state index in [1.165, 1.54) is 5.56 Å². The standard InChI is InChI=1S/C10H9BrN2/c1-6-4-7-2-3-10(12)13-9(7)5-8(6)11/h2-5H,1H3,(H2,12,13). The van der Waals surface area contributed by atoms with Crippen LogP contribution in [0.25, 0.3) is 10.9 Å². The molecular formula is C10H9BrN2. The number of nitrogen functional groups attached to an aromatic ring is 1. The summed E-state index contributed by atoms with van der Waals surface area (Å²) >= 11 is 3.46. The summed E-state index contributed by atoms with van der Waals surface area (Å²) in [6.45, 7) is 2.06. The molecule has 1 aromatic heterocycles. The first kappa shape index (κ1) is 8.51. The van der Waals surface area contributed by atoms with Gasteiger partial charge in [-0.05, 0) is 36.8 Å². The summed E-state index contributed by atoms with van der Waals surface area (Å²) in [4.78, 5) is 4.23. The summed E-state index contributed by atoms with van der Waals surface area (Å²) in [6, 6.07) is 7.87. The molecule has 0 amide bonds. The maximum Gasteiger partial charge on any atom is 0.124 e. The number of benzene rings is 1. The number of fused-ring (bicyclic) bond motifs is 1. The highest BCUT2D eigenvalue weighted by Gasteiger charge is 1.99. The molecule has 2 nitrogen and oxygen atoms in total. The predicted octanol–water partition coefficient (Wildman–Crippen LogP) is 2.89. The van der Waals surface area contributed by atoms with Crippen LogP contribution < -0.4 is 5.73 Å². The van der Waals surface area contributed by atoms with E-state index in [2.05, 4.69) is 33.9 Å². The second-order valence-corrected chi connectivity index (χ2v) is 3.88. The van der Waals surface area contributed by atoms with Gasteiger partial charge in [-0.3, -0.25) is 0 Å². The van der Waals surface area contributed by atoms with Crippen molar-refractivity contribution in [3.8, 4) is 0 Å². The summed E-state index contributed by atoms with van der Waals surface area (Å²) in [5, 5.41) is 1.12. The van der Waals surface area contributed by atoms with Gasteiger partial charge in [-0.25, -0.2) is 4.98 Å². The zero-order chi connectivity index (χ0) is 9.42. The Morgan fingerprint density at radius 2 is 2.08 bits per heavy atom. The van der Waals surface area contributed by atoms with Crippen LogP contribution in [-0.4, -0.2) is 4.98 Å². The number of aromatic nitrogens is 1. The fraction of sp³-hybridized carbons (Fsp3) is 0.100. The molecule has 0 aliphatic rings. The summed E-state index contributed by atoms with van der Waals surface area (Å²) in [5.41, 5.74) is 7.72. The van der Waals surface area contributed by atoms with Gasteiger partial charge in [0.05, 0.1) is 5.52 Å². The molecule has 0 unspecified atom stereocenters. The molecule has 2 rings (SSSR count). The van der Waals surface area contributed by atoms with E-state index in [0.29, 0.717) is 5.82 Å². The van der Waals surface area contributed by atoms with Crippen LogP contribution in [0.1, 0.15) is 5.56 Å². The Morgan fingerprint density at radius 3 is 2.85 bits per heavy atom. The molecule has 0 atom stereocenters. The van der Waals surface area contributed by atoms with E-state index in [0.717, 1.165) is 15.4 Å². The second kappa shape index (κ2) is 3.00. The largest absolute Gasteiger partial charge is 0.384 e. The van der Waals surface area contributed by atoms with Crippen LogP contribution in [-0.2, 0) is 0 Å². The van der Waals surface area contributed by atoms with Crippen molar-refractivity contribution in [3.63, 3.8) is 0 Å². The number of pyridine rings is 1. The van der Waals surface area contributed by atoms with Gasteiger partial charge >= 0.3 is 0 Å². The molecule has 0 saturated heterocycles. The monoisotopic (exact) mass is 236 g/mol. The summed E-state index contributed by atoms with van der Waals surface area (Å²) in [5.74, 6) is 0.559. The zero-order valence-corrected chi connectivity index (χ0v) is 8.80. The smallest absolute Gasteiger partial charge is 0.124 e. The number of halogens is 1. The van der Waals surface area contributed by atoms with Crippen LogP contribution in [0.15, 0.2) is 28.7 Å². The molecule has 1 heterocycles. The molecule has 3 heteroatoms. The molecule has 66 valence electrons. The molecule has 0 radical (unpaired) electrons. The highest BCUT2D eigenvalue weighted by Crippen LogP contribution is 2.23. The first-order valence-corrected chi connectivity index (χ1v) is 4.78. The van der Waals surface area contributed by atoms with E-state index >= 15 is 0 Å². The van der Waals surface area contributed by atoms with E-state index in [4.69, 9.17) is 5.73 Å². The first-order valence-electron chi connectivity index (χ1n) is 3.99. The van der Waals surface area contributed by atoms with Gasteiger partial charge in [-0.2, -0.15) is 0 Å². The average Bonchev–Trinajstić information content (AvgIpc) is 2.08. The van der Waals surface area contributed by atoms with Crippen molar-refractivity contribution in [3.05, 3.63) is 34.3 Å². The molecule has 0 fully saturated rings. The van der Waals surface area contributed by atoms with Crippen LogP contribution >= 0.6 is 15.9 Å². The van der Waals surface area contributed by atoms with E-state index in [-0.39, 0.29) is 0 Å². The number of anilines is 1. The fourth-order valence-electron chi connectivity index (χ4n) is 1.28. The molecule has 13 heavy (non-hydrogen) atoms. The van der Waals surface area contributed by atoms with Crippen molar-refractivity contribution in [2.45, 2.75) is 6.92 Å². The van der Waals surface area contributed by atoms with E-state index < -0.39 is 0 Å². The summed E-state index contributed by atoms with van der Waals surface area (Å²) in [6.07, 6.45) is 0. The van der Waals surface area contributed by atoms with E-state index in [1.54, 1.807) is 0 Å². The van der Waals surface area contributed by atoms with Gasteiger partial charge in [0.2, 0.25) is 0 Å². The average molecular weight is 237 g/mol. The van der Waals surface area contributed by atoms with Gasteiger partial charge in [-0.15, -0.1) is 0 Å². The quantitative estimate of drug-likeness (QED) is 0.765. The highest BCUT2D eigenvalue weighted by molar-refractivity contribution is 9.10. The fourth-order valence-corrected chi connectivity index (χ4v) is 1.61. The maximum absolute atomic E-state index is 5.59. The molecule has 0 bridgehead atoms. The number of nitrogens with two attached hydrogens (primary N) is 1. The number of aryl methyl sites for hydroxylation is 1. The second-order valence-electron chi connectivity index (χ2n) is 3.03. The van der Waals surface area contributed by atoms with Crippen LogP contribution in [0.5, 0.6) is 0 Å². The minimum atomic E-state index is 0.559. The third-order valence-electron chi connectivity index (χ3n) is 1.99. The van der Waals surface area contributed by atoms with Crippen LogP contribution in [0, 0.1) is 6.92 Å². The number of hydrogen-bond donors (Lipinski definition) is 1. The van der Waals surface area contributed by atoms with E-state index in [9.17, 15) is 0 Å². The van der Waals surface area contributed by atoms with Gasteiger partial charge in [0, 0.05) is 9.86 Å². The Kier molecular flexibility index (Phi) is 1.96. The molecule has 2 N–H and O–H groups in total. The van der Waals surface area contributed by atoms with Crippen molar-refractivity contribution in [1.82, 2.24) is 4.98 Å². The molecule has 0 spiro atoms. The lowest BCUT2D eigenvalue weighted by molar-refractivity contribution is 1.38. The molecular weight excluding hydrogens is 228 g/mol. The van der Waals surface area contributed by atoms with Crippen LogP contribution in [0.4, 0.5) is 5.82 Å². The first-order chi connectivity index (χ1) is 6.16. The third-order valence-corrected chi connectivity index (χ3v) is 2.85. The Balaban J connectivity index is 2.81. The van der Waals surface area contributed by atoms with Gasteiger partial charge in [0.25, 0.3) is 0 Å². The predicted molar refractivity (Wildman–Crippen MR) is 58.6 cm³/mol. The van der Waals surface area contributed by atoms with Gasteiger partial charge < -0.3 is 5.73 Å². The summed E-state index contributed by atoms with van der Waals surface area (Å²) in [7, 11) is 0. The van der Waals surface area contributed by atoms with Crippen molar-refractivity contribution < 1.29 is 0 Å². The van der Waals surface area contributed by atoms with Gasteiger partial charge in [-0.1, -0.05) is 15.9 Å². The molecule has 0 aliphatic heterocycles. The van der Waals surface area contributed by atoms with E-state index in [1.807, 2.05) is 18.2 Å².